The van der Waals surface area contributed by atoms with E-state index in [2.05, 4.69) is 31.8 Å². The number of nitrogens with zero attached hydrogens (tertiary/aromatic N) is 2. The van der Waals surface area contributed by atoms with Crippen molar-refractivity contribution in [2.24, 2.45) is 5.41 Å². The number of allylic oxidation sites excluding steroid dienone is 2. The van der Waals surface area contributed by atoms with E-state index in [1.165, 1.54) is 16.9 Å². The Morgan fingerprint density at radius 1 is 1.55 bits per heavy atom. The summed E-state index contributed by atoms with van der Waals surface area (Å²) in [7, 11) is 0. The summed E-state index contributed by atoms with van der Waals surface area (Å²) in [5.74, 6) is 0.280. The van der Waals surface area contributed by atoms with Crippen molar-refractivity contribution in [2.75, 3.05) is 18.8 Å². The van der Waals surface area contributed by atoms with Gasteiger partial charge in [-0.05, 0) is 38.5 Å². The maximum absolute atomic E-state index is 12.2. The number of piperidine rings is 1. The van der Waals surface area contributed by atoms with Crippen LogP contribution >= 0.6 is 11.3 Å². The number of thiazole rings is 1. The minimum Gasteiger partial charge on any atom is -0.375 e. The maximum atomic E-state index is 12.2. The second-order valence-corrected chi connectivity index (χ2v) is 7.76. The molecular formula is C17H27N3OS. The van der Waals surface area contributed by atoms with Crippen LogP contribution in [0.2, 0.25) is 0 Å². The van der Waals surface area contributed by atoms with Gasteiger partial charge in [0.05, 0.1) is 5.69 Å². The van der Waals surface area contributed by atoms with Crippen LogP contribution in [0.15, 0.2) is 17.0 Å². The molecule has 0 radical (unpaired) electrons. The van der Waals surface area contributed by atoms with Crippen LogP contribution < -0.4 is 5.73 Å². The Balaban J connectivity index is 1.89. The summed E-state index contributed by atoms with van der Waals surface area (Å²) in [5.41, 5.74) is 8.26. The third-order valence-corrected chi connectivity index (χ3v) is 5.10. The first kappa shape index (κ1) is 17.0. The highest BCUT2D eigenvalue weighted by Crippen LogP contribution is 2.35. The lowest BCUT2D eigenvalue weighted by Crippen LogP contribution is -2.46. The molecule has 0 saturated carbocycles. The first-order valence-corrected chi connectivity index (χ1v) is 8.87. The molecule has 5 heteroatoms. The number of rotatable bonds is 6. The number of aromatic nitrogens is 1. The lowest BCUT2D eigenvalue weighted by molar-refractivity contribution is -0.137. The number of hydrogen-bond acceptors (Lipinski definition) is 4. The minimum absolute atomic E-state index is 0.237. The summed E-state index contributed by atoms with van der Waals surface area (Å²) in [6.07, 6.45) is 7.01. The van der Waals surface area contributed by atoms with Gasteiger partial charge in [0, 0.05) is 31.3 Å². The highest BCUT2D eigenvalue weighted by molar-refractivity contribution is 7.13. The van der Waals surface area contributed by atoms with E-state index in [0.29, 0.717) is 11.6 Å². The molecule has 2 rings (SSSR count). The van der Waals surface area contributed by atoms with Crippen molar-refractivity contribution >= 4 is 22.4 Å². The summed E-state index contributed by atoms with van der Waals surface area (Å²) in [4.78, 5) is 18.5. The molecule has 2 heterocycles. The fourth-order valence-corrected chi connectivity index (χ4v) is 3.60. The molecule has 4 nitrogen and oxygen atoms in total. The molecule has 22 heavy (non-hydrogen) atoms. The van der Waals surface area contributed by atoms with Crippen molar-refractivity contribution in [1.29, 1.82) is 0 Å². The molecule has 1 atom stereocenters. The Bertz CT molecular complexity index is 548. The SMILES string of the molecule is CC(C)=CCC[C@]1(C)CCC(=O)N(CCc2csc(N)n2)C1. The van der Waals surface area contributed by atoms with Gasteiger partial charge < -0.3 is 10.6 Å². The number of nitrogen functional groups attached to an aromatic ring is 1. The van der Waals surface area contributed by atoms with Crippen LogP contribution in [0.3, 0.4) is 0 Å². The highest BCUT2D eigenvalue weighted by atomic mass is 32.1. The molecule has 1 saturated heterocycles. The minimum atomic E-state index is 0.237. The van der Waals surface area contributed by atoms with Crippen molar-refractivity contribution in [1.82, 2.24) is 9.88 Å². The van der Waals surface area contributed by atoms with Crippen LogP contribution in [0.5, 0.6) is 0 Å². The average Bonchev–Trinajstić information content (AvgIpc) is 2.85. The van der Waals surface area contributed by atoms with Crippen LogP contribution in [-0.2, 0) is 11.2 Å². The van der Waals surface area contributed by atoms with Gasteiger partial charge in [-0.3, -0.25) is 4.79 Å². The third-order valence-electron chi connectivity index (χ3n) is 4.38. The first-order valence-electron chi connectivity index (χ1n) is 7.99. The molecule has 1 amide bonds. The average molecular weight is 321 g/mol. The van der Waals surface area contributed by atoms with Crippen molar-refractivity contribution in [3.8, 4) is 0 Å². The second-order valence-electron chi connectivity index (χ2n) is 6.87. The molecule has 1 aliphatic heterocycles. The van der Waals surface area contributed by atoms with E-state index in [9.17, 15) is 4.79 Å². The maximum Gasteiger partial charge on any atom is 0.222 e. The molecule has 0 aromatic carbocycles. The number of amides is 1. The molecule has 0 bridgehead atoms. The van der Waals surface area contributed by atoms with Crippen LogP contribution in [0, 0.1) is 5.41 Å². The van der Waals surface area contributed by atoms with E-state index in [4.69, 9.17) is 5.73 Å². The van der Waals surface area contributed by atoms with Gasteiger partial charge in [0.2, 0.25) is 5.91 Å². The fraction of sp³-hybridized carbons (Fsp3) is 0.647. The van der Waals surface area contributed by atoms with E-state index in [1.807, 2.05) is 10.3 Å². The monoisotopic (exact) mass is 321 g/mol. The van der Waals surface area contributed by atoms with Gasteiger partial charge >= 0.3 is 0 Å². The standard InChI is InChI=1S/C17H27N3OS/c1-13(2)5-4-8-17(3)9-6-15(21)20(12-17)10-7-14-11-22-16(18)19-14/h5,11H,4,6-10,12H2,1-3H3,(H2,18,19)/t17-/m1/s1. The molecular weight excluding hydrogens is 294 g/mol. The lowest BCUT2D eigenvalue weighted by Gasteiger charge is -2.40. The van der Waals surface area contributed by atoms with Gasteiger partial charge in [-0.25, -0.2) is 4.98 Å². The number of carbonyl (C=O) groups is 1. The third kappa shape index (κ3) is 4.83. The van der Waals surface area contributed by atoms with Crippen LogP contribution in [0.4, 0.5) is 5.13 Å². The van der Waals surface area contributed by atoms with Crippen molar-refractivity contribution in [3.63, 3.8) is 0 Å². The number of nitrogens with two attached hydrogens (primary N) is 1. The van der Waals surface area contributed by atoms with E-state index >= 15 is 0 Å². The number of anilines is 1. The Labute approximate surface area is 137 Å². The van der Waals surface area contributed by atoms with E-state index < -0.39 is 0 Å². The van der Waals surface area contributed by atoms with Gasteiger partial charge in [-0.15, -0.1) is 11.3 Å². The Kier molecular flexibility index (Phi) is 5.62. The number of likely N-dealkylation sites (tertiary alicyclic amines) is 1. The summed E-state index contributed by atoms with van der Waals surface area (Å²) in [6, 6.07) is 0. The predicted octanol–water partition coefficient (Wildman–Crippen LogP) is 3.64. The fourth-order valence-electron chi connectivity index (χ4n) is 3.00. The number of carbonyl (C=O) groups excluding carboxylic acids is 1. The summed E-state index contributed by atoms with van der Waals surface area (Å²) in [6.45, 7) is 8.20. The smallest absolute Gasteiger partial charge is 0.222 e. The van der Waals surface area contributed by atoms with Gasteiger partial charge in [0.15, 0.2) is 5.13 Å². The predicted molar refractivity (Wildman–Crippen MR) is 92.8 cm³/mol. The molecule has 0 unspecified atom stereocenters. The van der Waals surface area contributed by atoms with Crippen molar-refractivity contribution in [3.05, 3.63) is 22.7 Å². The highest BCUT2D eigenvalue weighted by Gasteiger charge is 2.34. The molecule has 1 aromatic rings. The summed E-state index contributed by atoms with van der Waals surface area (Å²) >= 11 is 1.46. The van der Waals surface area contributed by atoms with Crippen LogP contribution in [0.25, 0.3) is 0 Å². The zero-order chi connectivity index (χ0) is 16.2. The number of hydrogen-bond donors (Lipinski definition) is 1. The summed E-state index contributed by atoms with van der Waals surface area (Å²) in [5, 5.41) is 2.59. The molecule has 1 aromatic heterocycles. The van der Waals surface area contributed by atoms with Gasteiger partial charge in [0.1, 0.15) is 0 Å². The van der Waals surface area contributed by atoms with E-state index in [-0.39, 0.29) is 11.3 Å². The van der Waals surface area contributed by atoms with E-state index in [0.717, 1.165) is 44.5 Å². The van der Waals surface area contributed by atoms with Crippen molar-refractivity contribution in [2.45, 2.75) is 52.9 Å². The Morgan fingerprint density at radius 2 is 2.32 bits per heavy atom. The molecule has 0 aliphatic carbocycles. The first-order chi connectivity index (χ1) is 10.4. The van der Waals surface area contributed by atoms with Crippen molar-refractivity contribution < 1.29 is 4.79 Å². The molecule has 2 N–H and O–H groups in total. The zero-order valence-electron chi connectivity index (χ0n) is 13.9. The zero-order valence-corrected chi connectivity index (χ0v) is 14.7. The molecule has 122 valence electrons. The topological polar surface area (TPSA) is 59.2 Å². The van der Waals surface area contributed by atoms with Gasteiger partial charge in [-0.2, -0.15) is 0 Å². The molecule has 1 fully saturated rings. The van der Waals surface area contributed by atoms with Crippen LogP contribution in [0.1, 0.15) is 52.1 Å². The van der Waals surface area contributed by atoms with Crippen LogP contribution in [-0.4, -0.2) is 28.9 Å². The molecule has 1 aliphatic rings. The molecule has 0 spiro atoms. The van der Waals surface area contributed by atoms with E-state index in [1.54, 1.807) is 0 Å². The Hall–Kier alpha value is -1.36. The summed E-state index contributed by atoms with van der Waals surface area (Å²) < 4.78 is 0. The largest absolute Gasteiger partial charge is 0.375 e. The van der Waals surface area contributed by atoms with Gasteiger partial charge in [-0.1, -0.05) is 18.6 Å². The Morgan fingerprint density at radius 3 is 2.95 bits per heavy atom. The quantitative estimate of drug-likeness (QED) is 0.814. The second kappa shape index (κ2) is 7.27. The van der Waals surface area contributed by atoms with Gasteiger partial charge in [0.25, 0.3) is 0 Å². The lowest BCUT2D eigenvalue weighted by atomic mass is 9.77. The normalized spacial score (nSPS) is 22.0.